The molecular formula is C13H17F3N2O3S. The predicted molar refractivity (Wildman–Crippen MR) is 74.0 cm³/mol. The van der Waals surface area contributed by atoms with Crippen molar-refractivity contribution in [2.75, 3.05) is 13.6 Å². The summed E-state index contributed by atoms with van der Waals surface area (Å²) in [6.45, 7) is 4.52. The highest BCUT2D eigenvalue weighted by atomic mass is 32.2. The van der Waals surface area contributed by atoms with Crippen LogP contribution in [0.4, 0.5) is 13.2 Å². The zero-order valence-corrected chi connectivity index (χ0v) is 13.4. The second-order valence-electron chi connectivity index (χ2n) is 5.73. The number of carbonyl (C=O) groups is 1. The first kappa shape index (κ1) is 18.4. The largest absolute Gasteiger partial charge is 0.350 e. The number of rotatable bonds is 4. The number of halogens is 3. The summed E-state index contributed by atoms with van der Waals surface area (Å²) in [7, 11) is -3.43. The number of amides is 1. The molecule has 0 aromatic heterocycles. The number of nitrogens with one attached hydrogen (secondary N) is 1. The van der Waals surface area contributed by atoms with Crippen LogP contribution in [0.1, 0.15) is 20.8 Å². The Labute approximate surface area is 127 Å². The third-order valence-corrected chi connectivity index (χ3v) is 4.39. The lowest BCUT2D eigenvalue weighted by Gasteiger charge is -2.23. The molecule has 0 bridgehead atoms. The summed E-state index contributed by atoms with van der Waals surface area (Å²) in [4.78, 5) is 10.7. The molecule has 1 rings (SSSR count). The summed E-state index contributed by atoms with van der Waals surface area (Å²) < 4.78 is 64.4. The van der Waals surface area contributed by atoms with E-state index in [1.165, 1.54) is 0 Å². The smallest absolute Gasteiger partial charge is 0.246 e. The molecule has 1 aromatic carbocycles. The molecule has 0 saturated heterocycles. The molecule has 9 heteroatoms. The zero-order chi connectivity index (χ0) is 17.3. The molecule has 124 valence electrons. The van der Waals surface area contributed by atoms with Crippen LogP contribution in [0.15, 0.2) is 17.0 Å². The minimum atomic E-state index is -4.47. The maximum atomic E-state index is 13.6. The average molecular weight is 338 g/mol. The van der Waals surface area contributed by atoms with Gasteiger partial charge in [0.15, 0.2) is 17.5 Å². The van der Waals surface area contributed by atoms with Crippen LogP contribution in [0.25, 0.3) is 0 Å². The minimum Gasteiger partial charge on any atom is -0.350 e. The summed E-state index contributed by atoms with van der Waals surface area (Å²) in [6.07, 6.45) is 0. The van der Waals surface area contributed by atoms with Crippen LogP contribution < -0.4 is 5.32 Å². The lowest BCUT2D eigenvalue weighted by Crippen LogP contribution is -2.46. The highest BCUT2D eigenvalue weighted by Crippen LogP contribution is 2.22. The van der Waals surface area contributed by atoms with Crippen LogP contribution in [0.3, 0.4) is 0 Å². The van der Waals surface area contributed by atoms with Gasteiger partial charge in [-0.25, -0.2) is 21.6 Å². The molecule has 1 aromatic rings. The molecule has 0 radical (unpaired) electrons. The Morgan fingerprint density at radius 2 is 1.73 bits per heavy atom. The van der Waals surface area contributed by atoms with Gasteiger partial charge in [-0.3, -0.25) is 4.79 Å². The summed E-state index contributed by atoms with van der Waals surface area (Å²) >= 11 is 0. The van der Waals surface area contributed by atoms with E-state index in [2.05, 4.69) is 5.32 Å². The van der Waals surface area contributed by atoms with Crippen molar-refractivity contribution in [3.63, 3.8) is 0 Å². The number of likely N-dealkylation sites (N-methyl/N-ethyl adjacent to an activating group) is 1. The van der Waals surface area contributed by atoms with Gasteiger partial charge in [0.25, 0.3) is 0 Å². The van der Waals surface area contributed by atoms with Crippen LogP contribution in [0.2, 0.25) is 0 Å². The fraction of sp³-hybridized carbons (Fsp3) is 0.462. The van der Waals surface area contributed by atoms with Gasteiger partial charge in [0.1, 0.15) is 4.90 Å². The highest BCUT2D eigenvalue weighted by Gasteiger charge is 2.29. The zero-order valence-electron chi connectivity index (χ0n) is 12.6. The monoisotopic (exact) mass is 338 g/mol. The number of carbonyl (C=O) groups excluding carboxylic acids is 1. The van der Waals surface area contributed by atoms with E-state index in [1.807, 2.05) is 0 Å². The van der Waals surface area contributed by atoms with Crippen molar-refractivity contribution < 1.29 is 26.4 Å². The molecule has 0 spiro atoms. The molecule has 5 nitrogen and oxygen atoms in total. The van der Waals surface area contributed by atoms with Gasteiger partial charge >= 0.3 is 0 Å². The van der Waals surface area contributed by atoms with Crippen LogP contribution in [-0.4, -0.2) is 37.8 Å². The lowest BCUT2D eigenvalue weighted by atomic mass is 10.1. The maximum absolute atomic E-state index is 13.6. The van der Waals surface area contributed by atoms with Crippen molar-refractivity contribution in [3.05, 3.63) is 29.6 Å². The molecule has 0 atom stereocenters. The van der Waals surface area contributed by atoms with E-state index in [0.29, 0.717) is 16.4 Å². The summed E-state index contributed by atoms with van der Waals surface area (Å²) in [5.41, 5.74) is -0.574. The van der Waals surface area contributed by atoms with Crippen molar-refractivity contribution in [1.82, 2.24) is 9.62 Å². The van der Waals surface area contributed by atoms with Crippen molar-refractivity contribution >= 4 is 15.9 Å². The molecule has 1 amide bonds. The molecule has 0 aliphatic carbocycles. The second-order valence-corrected chi connectivity index (χ2v) is 7.75. The Morgan fingerprint density at radius 3 is 2.23 bits per heavy atom. The average Bonchev–Trinajstić information content (AvgIpc) is 2.33. The lowest BCUT2D eigenvalue weighted by molar-refractivity contribution is -0.122. The minimum absolute atomic E-state index is 0.508. The molecule has 0 aliphatic heterocycles. The summed E-state index contributed by atoms with van der Waals surface area (Å²) in [5, 5.41) is 2.54. The summed E-state index contributed by atoms with van der Waals surface area (Å²) in [6, 6.07) is 1.12. The van der Waals surface area contributed by atoms with Gasteiger partial charge in [-0.15, -0.1) is 0 Å². The van der Waals surface area contributed by atoms with E-state index >= 15 is 0 Å². The molecule has 0 unspecified atom stereocenters. The Bertz CT molecular complexity index is 685. The van der Waals surface area contributed by atoms with Crippen LogP contribution in [-0.2, 0) is 14.8 Å². The number of hydrogen-bond acceptors (Lipinski definition) is 3. The third-order valence-electron chi connectivity index (χ3n) is 2.57. The first-order valence-electron chi connectivity index (χ1n) is 6.27. The SMILES string of the molecule is CN(CC(=O)NC(C)(C)C)S(=O)(=O)c1ccc(F)c(F)c1F. The van der Waals surface area contributed by atoms with E-state index in [0.717, 1.165) is 7.05 Å². The van der Waals surface area contributed by atoms with Gasteiger partial charge in [0.05, 0.1) is 6.54 Å². The Hall–Kier alpha value is -1.61. The van der Waals surface area contributed by atoms with Crippen molar-refractivity contribution in [2.24, 2.45) is 0 Å². The van der Waals surface area contributed by atoms with Gasteiger partial charge in [-0.05, 0) is 32.9 Å². The van der Waals surface area contributed by atoms with Gasteiger partial charge in [0.2, 0.25) is 15.9 Å². The van der Waals surface area contributed by atoms with Gasteiger partial charge < -0.3 is 5.32 Å². The number of sulfonamides is 1. The molecule has 0 fully saturated rings. The van der Waals surface area contributed by atoms with Gasteiger partial charge in [-0.2, -0.15) is 4.31 Å². The number of benzene rings is 1. The van der Waals surface area contributed by atoms with E-state index in [4.69, 9.17) is 0 Å². The van der Waals surface area contributed by atoms with Gasteiger partial charge in [0, 0.05) is 12.6 Å². The Morgan fingerprint density at radius 1 is 1.18 bits per heavy atom. The molecule has 22 heavy (non-hydrogen) atoms. The molecule has 0 aliphatic rings. The Kier molecular flexibility index (Phi) is 5.24. The first-order valence-corrected chi connectivity index (χ1v) is 7.71. The van der Waals surface area contributed by atoms with Crippen molar-refractivity contribution in [3.8, 4) is 0 Å². The second kappa shape index (κ2) is 6.25. The quantitative estimate of drug-likeness (QED) is 0.849. The molecule has 1 N–H and O–H groups in total. The van der Waals surface area contributed by atoms with E-state index < -0.39 is 50.4 Å². The van der Waals surface area contributed by atoms with Gasteiger partial charge in [-0.1, -0.05) is 0 Å². The van der Waals surface area contributed by atoms with Crippen molar-refractivity contribution in [1.29, 1.82) is 0 Å². The van der Waals surface area contributed by atoms with Crippen LogP contribution in [0, 0.1) is 17.5 Å². The van der Waals surface area contributed by atoms with E-state index in [9.17, 15) is 26.4 Å². The molecule has 0 saturated carbocycles. The summed E-state index contributed by atoms with van der Waals surface area (Å²) in [5.74, 6) is -5.80. The topological polar surface area (TPSA) is 66.5 Å². The molecular weight excluding hydrogens is 321 g/mol. The predicted octanol–water partition coefficient (Wildman–Crippen LogP) is 1.64. The fourth-order valence-electron chi connectivity index (χ4n) is 1.62. The highest BCUT2D eigenvalue weighted by molar-refractivity contribution is 7.89. The number of hydrogen-bond donors (Lipinski definition) is 1. The van der Waals surface area contributed by atoms with Crippen molar-refractivity contribution in [2.45, 2.75) is 31.2 Å². The maximum Gasteiger partial charge on any atom is 0.246 e. The normalized spacial score (nSPS) is 12.5. The van der Waals surface area contributed by atoms with E-state index in [-0.39, 0.29) is 0 Å². The third kappa shape index (κ3) is 4.20. The number of nitrogens with zero attached hydrogens (tertiary/aromatic N) is 1. The van der Waals surface area contributed by atoms with Crippen LogP contribution >= 0.6 is 0 Å². The standard InChI is InChI=1S/C13H17F3N2O3S/c1-13(2,3)17-10(19)7-18(4)22(20,21)9-6-5-8(14)11(15)12(9)16/h5-6H,7H2,1-4H3,(H,17,19). The first-order chi connectivity index (χ1) is 9.86. The van der Waals surface area contributed by atoms with E-state index in [1.54, 1.807) is 20.8 Å². The fourth-order valence-corrected chi connectivity index (χ4v) is 2.80. The Balaban J connectivity index is 3.05. The van der Waals surface area contributed by atoms with Crippen LogP contribution in [0.5, 0.6) is 0 Å². The molecule has 0 heterocycles.